The van der Waals surface area contributed by atoms with Crippen molar-refractivity contribution in [2.75, 3.05) is 24.6 Å². The molecule has 0 heterocycles. The van der Waals surface area contributed by atoms with Crippen LogP contribution in [0.25, 0.3) is 0 Å². The van der Waals surface area contributed by atoms with E-state index in [2.05, 4.69) is 111 Å². The molecule has 0 aromatic carbocycles. The van der Waals surface area contributed by atoms with Crippen LogP contribution in [0.5, 0.6) is 0 Å². The molecular formula is C28H64Cl6P4Zr2. The van der Waals surface area contributed by atoms with E-state index in [1.807, 2.05) is 0 Å². The molecule has 12 heteroatoms. The second kappa shape index (κ2) is 31.5. The number of hydrogen-bond acceptors (Lipinski definition) is 0. The van der Waals surface area contributed by atoms with Gasteiger partial charge in [-0.15, -0.1) is 31.7 Å². The van der Waals surface area contributed by atoms with Crippen molar-refractivity contribution in [1.82, 2.24) is 0 Å². The van der Waals surface area contributed by atoms with Crippen molar-refractivity contribution in [2.24, 2.45) is 0 Å². The zero-order chi connectivity index (χ0) is 32.9. The Kier molecular flexibility index (Phi) is 41.0. The molecule has 0 aliphatic heterocycles. The average Bonchev–Trinajstić information content (AvgIpc) is 2.71. The molecule has 0 rings (SSSR count). The summed E-state index contributed by atoms with van der Waals surface area (Å²) < 4.78 is 0. The third kappa shape index (κ3) is 34.6. The number of halogens is 6. The van der Waals surface area contributed by atoms with Gasteiger partial charge in [0.2, 0.25) is 0 Å². The molecule has 0 radical (unpaired) electrons. The Morgan fingerprint density at radius 2 is 0.375 bits per heavy atom. The van der Waals surface area contributed by atoms with Gasteiger partial charge >= 0.3 is 87.4 Å². The van der Waals surface area contributed by atoms with Gasteiger partial charge in [-0.25, -0.2) is 0 Å². The van der Waals surface area contributed by atoms with Crippen LogP contribution in [0.15, 0.2) is 0 Å². The molecule has 0 aliphatic rings. The van der Waals surface area contributed by atoms with E-state index in [-0.39, 0.29) is 31.7 Å². The third-order valence-corrected chi connectivity index (χ3v) is 20.8. The fraction of sp³-hybridized carbons (Fsp3) is 1.00. The maximum absolute atomic E-state index is 5.00. The van der Waals surface area contributed by atoms with E-state index in [0.29, 0.717) is 0 Å². The van der Waals surface area contributed by atoms with Crippen molar-refractivity contribution in [1.29, 1.82) is 0 Å². The van der Waals surface area contributed by atoms with Gasteiger partial charge in [0.15, 0.2) is 0 Å². The minimum absolute atomic E-state index is 0.255. The van der Waals surface area contributed by atoms with Crippen LogP contribution in [0, 0.1) is 0 Å². The van der Waals surface area contributed by atoms with Crippen molar-refractivity contribution < 1.29 is 36.3 Å². The maximum atomic E-state index is 5.00. The molecule has 0 nitrogen and oxygen atoms in total. The molecule has 0 amide bonds. The van der Waals surface area contributed by atoms with Crippen LogP contribution in [0.4, 0.5) is 0 Å². The first-order valence-electron chi connectivity index (χ1n) is 14.7. The van der Waals surface area contributed by atoms with E-state index in [9.17, 15) is 0 Å². The molecule has 0 spiro atoms. The first kappa shape index (κ1) is 52.0. The zero-order valence-corrected chi connectivity index (χ0v) is 41.5. The molecule has 40 heavy (non-hydrogen) atoms. The second-order valence-corrected chi connectivity index (χ2v) is 48.7. The fourth-order valence-electron chi connectivity index (χ4n) is 4.91. The Hall–Kier alpha value is 5.23. The summed E-state index contributed by atoms with van der Waals surface area (Å²) in [6.07, 6.45) is 6.03. The molecule has 0 N–H and O–H groups in total. The molecule has 0 aromatic rings. The third-order valence-electron chi connectivity index (χ3n) is 6.54. The van der Waals surface area contributed by atoms with Crippen LogP contribution < -0.4 is 0 Å². The summed E-state index contributed by atoms with van der Waals surface area (Å²) in [5, 5.41) is 0. The van der Waals surface area contributed by atoms with Gasteiger partial charge in [-0.05, 0) is 69.9 Å². The van der Waals surface area contributed by atoms with E-state index < -0.39 is 36.3 Å². The summed E-state index contributed by atoms with van der Waals surface area (Å²) in [5.41, 5.74) is 7.27. The van der Waals surface area contributed by atoms with Gasteiger partial charge in [0.05, 0.1) is 0 Å². The summed E-state index contributed by atoms with van der Waals surface area (Å²) in [4.78, 5) is 0. The average molecular weight is 920 g/mol. The Labute approximate surface area is 296 Å². The molecule has 0 aromatic heterocycles. The first-order chi connectivity index (χ1) is 18.0. The Bertz CT molecular complexity index is 417. The van der Waals surface area contributed by atoms with Crippen LogP contribution in [-0.4, -0.2) is 69.9 Å². The summed E-state index contributed by atoms with van der Waals surface area (Å²) in [6, 6.07) is 0. The van der Waals surface area contributed by atoms with Gasteiger partial charge in [-0.2, -0.15) is 0 Å². The van der Waals surface area contributed by atoms with Crippen LogP contribution in [-0.2, 0) is 36.3 Å². The monoisotopic (exact) mass is 914 g/mol. The molecule has 0 unspecified atom stereocenters. The first-order valence-corrected chi connectivity index (χ1v) is 40.4. The van der Waals surface area contributed by atoms with Gasteiger partial charge in [-0.3, -0.25) is 0 Å². The van der Waals surface area contributed by atoms with E-state index >= 15 is 0 Å². The number of hydrogen-bond donors (Lipinski definition) is 0. The van der Waals surface area contributed by atoms with Crippen LogP contribution in [0.1, 0.15) is 111 Å². The van der Waals surface area contributed by atoms with Gasteiger partial charge in [0.1, 0.15) is 0 Å². The quantitative estimate of drug-likeness (QED) is 0.152. The summed E-state index contributed by atoms with van der Waals surface area (Å²) in [5.74, 6) is 0. The van der Waals surface area contributed by atoms with E-state index in [1.165, 1.54) is 24.6 Å². The Morgan fingerprint density at radius 3 is 0.425 bits per heavy atom. The van der Waals surface area contributed by atoms with Crippen molar-refractivity contribution >= 4 is 82.8 Å². The van der Waals surface area contributed by atoms with Gasteiger partial charge in [0.25, 0.3) is 0 Å². The van der Waals surface area contributed by atoms with Crippen molar-refractivity contribution in [2.45, 2.75) is 156 Å². The van der Waals surface area contributed by atoms with Crippen molar-refractivity contribution in [3.8, 4) is 0 Å². The molecule has 0 aliphatic carbocycles. The standard InChI is InChI=1S/2C14H32P2.6ClH.2Zr/c2*1-11(2)15(12(3)4)9-10-16(13(5)6)14(7)8;;;;;;;;/h2*11-14H,9-10H2,1-8H3;6*1H;;/q;;;;;;;;2*+3/p-6. The molecule has 246 valence electrons. The van der Waals surface area contributed by atoms with Gasteiger partial charge < -0.3 is 0 Å². The van der Waals surface area contributed by atoms with Crippen molar-refractivity contribution in [3.63, 3.8) is 0 Å². The molecule has 0 atom stereocenters. The Balaban J connectivity index is -0.000000255. The van der Waals surface area contributed by atoms with E-state index in [1.54, 1.807) is 0 Å². The second-order valence-electron chi connectivity index (χ2n) is 12.1. The minimum atomic E-state index is -2.13. The van der Waals surface area contributed by atoms with E-state index in [0.717, 1.165) is 45.3 Å². The molecule has 0 bridgehead atoms. The number of rotatable bonds is 14. The van der Waals surface area contributed by atoms with Crippen molar-refractivity contribution in [3.05, 3.63) is 0 Å². The fourth-order valence-corrected chi connectivity index (χ4v) is 17.5. The van der Waals surface area contributed by atoms with Gasteiger partial charge in [0, 0.05) is 0 Å². The predicted octanol–water partition coefficient (Wildman–Crippen LogP) is 15.3. The topological polar surface area (TPSA) is 0 Å². The molecule has 0 saturated carbocycles. The summed E-state index contributed by atoms with van der Waals surface area (Å²) in [7, 11) is 31.0. The molecular weight excluding hydrogens is 855 g/mol. The summed E-state index contributed by atoms with van der Waals surface area (Å²) >= 11 is -4.25. The normalized spacial score (nSPS) is 11.8. The Morgan fingerprint density at radius 1 is 0.300 bits per heavy atom. The summed E-state index contributed by atoms with van der Waals surface area (Å²) in [6.45, 7) is 38.6. The molecule has 0 fully saturated rings. The van der Waals surface area contributed by atoms with E-state index in [4.69, 9.17) is 51.1 Å². The SMILES string of the molecule is CC(C)P(CCP(C(C)C)C(C)C)C(C)C.CC(C)P(CCP(C(C)C)C(C)C)C(C)C.[Cl][Zr]([Cl])[Cl].[Cl][Zr]([Cl])[Cl]. The van der Waals surface area contributed by atoms with Gasteiger partial charge in [-0.1, -0.05) is 111 Å². The van der Waals surface area contributed by atoms with Crippen LogP contribution >= 0.6 is 82.8 Å². The van der Waals surface area contributed by atoms with Crippen LogP contribution in [0.3, 0.4) is 0 Å². The zero-order valence-electron chi connectivity index (χ0n) is 28.5. The predicted molar refractivity (Wildman–Crippen MR) is 203 cm³/mol. The van der Waals surface area contributed by atoms with Crippen LogP contribution in [0.2, 0.25) is 0 Å². The molecule has 0 saturated heterocycles.